The van der Waals surface area contributed by atoms with Gasteiger partial charge in [-0.25, -0.2) is 13.8 Å². The number of nitrogens with one attached hydrogen (secondary N) is 2. The summed E-state index contributed by atoms with van der Waals surface area (Å²) in [4.78, 5) is 16.0. The van der Waals surface area contributed by atoms with Crippen molar-refractivity contribution in [3.8, 4) is 0 Å². The van der Waals surface area contributed by atoms with Crippen LogP contribution in [0.2, 0.25) is 0 Å². The summed E-state index contributed by atoms with van der Waals surface area (Å²) in [5.74, 6) is -1.29. The average molecular weight is 277 g/mol. The molecule has 1 aromatic heterocycles. The maximum Gasteiger partial charge on any atom is 0.255 e. The van der Waals surface area contributed by atoms with Crippen molar-refractivity contribution in [2.45, 2.75) is 6.54 Å². The minimum Gasteiger partial charge on any atom is -0.372 e. The van der Waals surface area contributed by atoms with Gasteiger partial charge >= 0.3 is 0 Å². The molecule has 1 aromatic carbocycles. The fraction of sp³-hybridized carbons (Fsp3) is 0.143. The molecule has 2 aromatic rings. The highest BCUT2D eigenvalue weighted by Crippen LogP contribution is 2.12. The summed E-state index contributed by atoms with van der Waals surface area (Å²) in [5, 5.41) is 5.37. The van der Waals surface area contributed by atoms with Crippen molar-refractivity contribution in [1.82, 2.24) is 10.3 Å². The molecule has 1 heterocycles. The van der Waals surface area contributed by atoms with Crippen LogP contribution in [0.1, 0.15) is 15.9 Å². The molecule has 6 heteroatoms. The Labute approximate surface area is 114 Å². The van der Waals surface area contributed by atoms with E-state index in [1.54, 1.807) is 25.4 Å². The summed E-state index contributed by atoms with van der Waals surface area (Å²) in [6.07, 6.45) is 1.56. The molecule has 0 fully saturated rings. The van der Waals surface area contributed by atoms with Crippen LogP contribution in [0.25, 0.3) is 0 Å². The maximum atomic E-state index is 13.4. The predicted molar refractivity (Wildman–Crippen MR) is 71.3 cm³/mol. The smallest absolute Gasteiger partial charge is 0.255 e. The first-order valence-corrected chi connectivity index (χ1v) is 5.96. The van der Waals surface area contributed by atoms with Gasteiger partial charge < -0.3 is 10.6 Å². The van der Waals surface area contributed by atoms with Crippen LogP contribution in [0.3, 0.4) is 0 Å². The first-order valence-electron chi connectivity index (χ1n) is 5.96. The van der Waals surface area contributed by atoms with Gasteiger partial charge in [-0.05, 0) is 18.2 Å². The summed E-state index contributed by atoms with van der Waals surface area (Å²) in [6.45, 7) is -0.0248. The number of carbonyl (C=O) groups excluding carboxylic acids is 1. The summed E-state index contributed by atoms with van der Waals surface area (Å²) < 4.78 is 26.2. The molecule has 2 N–H and O–H groups in total. The van der Waals surface area contributed by atoms with Gasteiger partial charge in [0.1, 0.15) is 17.5 Å². The van der Waals surface area contributed by atoms with Gasteiger partial charge in [0.15, 0.2) is 0 Å². The van der Waals surface area contributed by atoms with Crippen LogP contribution in [-0.4, -0.2) is 17.9 Å². The number of carbonyl (C=O) groups is 1. The molecule has 0 radical (unpaired) electrons. The zero-order valence-electron chi connectivity index (χ0n) is 10.8. The summed E-state index contributed by atoms with van der Waals surface area (Å²) in [6, 6.07) is 6.47. The van der Waals surface area contributed by atoms with Gasteiger partial charge in [-0.1, -0.05) is 6.07 Å². The molecule has 104 valence electrons. The third kappa shape index (κ3) is 3.09. The van der Waals surface area contributed by atoms with E-state index in [1.165, 1.54) is 6.07 Å². The Balaban J connectivity index is 2.09. The fourth-order valence-electron chi connectivity index (χ4n) is 1.72. The molecule has 0 aliphatic heterocycles. The van der Waals surface area contributed by atoms with E-state index in [9.17, 15) is 13.6 Å². The van der Waals surface area contributed by atoms with Gasteiger partial charge in [0, 0.05) is 31.4 Å². The van der Waals surface area contributed by atoms with Gasteiger partial charge in [0.2, 0.25) is 0 Å². The Kier molecular flexibility index (Phi) is 4.24. The molecule has 0 aliphatic carbocycles. The molecular formula is C14H13F2N3O. The van der Waals surface area contributed by atoms with E-state index >= 15 is 0 Å². The third-order valence-electron chi connectivity index (χ3n) is 2.74. The molecule has 1 amide bonds. The lowest BCUT2D eigenvalue weighted by Gasteiger charge is -2.09. The second-order valence-corrected chi connectivity index (χ2v) is 4.07. The second-order valence-electron chi connectivity index (χ2n) is 4.07. The van der Waals surface area contributed by atoms with Crippen molar-refractivity contribution in [1.29, 1.82) is 0 Å². The van der Waals surface area contributed by atoms with Gasteiger partial charge in [-0.15, -0.1) is 0 Å². The van der Waals surface area contributed by atoms with Crippen LogP contribution in [0.4, 0.5) is 14.6 Å². The quantitative estimate of drug-likeness (QED) is 0.902. The number of anilines is 1. The van der Waals surface area contributed by atoms with Crippen LogP contribution in [0, 0.1) is 11.6 Å². The highest BCUT2D eigenvalue weighted by Gasteiger charge is 2.12. The SMILES string of the molecule is CNc1ncccc1C(=O)NCc1ccc(F)cc1F. The van der Waals surface area contributed by atoms with Crippen molar-refractivity contribution in [2.75, 3.05) is 12.4 Å². The summed E-state index contributed by atoms with van der Waals surface area (Å²) in [5.41, 5.74) is 0.576. The largest absolute Gasteiger partial charge is 0.372 e. The highest BCUT2D eigenvalue weighted by atomic mass is 19.1. The first kappa shape index (κ1) is 13.9. The molecule has 20 heavy (non-hydrogen) atoms. The molecular weight excluding hydrogens is 264 g/mol. The number of nitrogens with zero attached hydrogens (tertiary/aromatic N) is 1. The minimum absolute atomic E-state index is 0.0248. The Morgan fingerprint density at radius 2 is 2.10 bits per heavy atom. The third-order valence-corrected chi connectivity index (χ3v) is 2.74. The lowest BCUT2D eigenvalue weighted by atomic mass is 10.2. The molecule has 0 atom stereocenters. The number of aromatic nitrogens is 1. The summed E-state index contributed by atoms with van der Waals surface area (Å²) >= 11 is 0. The van der Waals surface area contributed by atoms with Crippen molar-refractivity contribution >= 4 is 11.7 Å². The standard InChI is InChI=1S/C14H13F2N3O/c1-17-13-11(3-2-6-18-13)14(20)19-8-9-4-5-10(15)7-12(9)16/h2-7H,8H2,1H3,(H,17,18)(H,19,20). The fourth-order valence-corrected chi connectivity index (χ4v) is 1.72. The molecule has 0 saturated carbocycles. The van der Waals surface area contributed by atoms with Gasteiger partial charge in [-0.2, -0.15) is 0 Å². The number of hydrogen-bond donors (Lipinski definition) is 2. The normalized spacial score (nSPS) is 10.2. The van der Waals surface area contributed by atoms with E-state index in [-0.39, 0.29) is 18.0 Å². The zero-order chi connectivity index (χ0) is 14.5. The van der Waals surface area contributed by atoms with Crippen LogP contribution in [0.15, 0.2) is 36.5 Å². The highest BCUT2D eigenvalue weighted by molar-refractivity contribution is 5.98. The molecule has 0 bridgehead atoms. The number of hydrogen-bond acceptors (Lipinski definition) is 3. The van der Waals surface area contributed by atoms with Crippen molar-refractivity contribution < 1.29 is 13.6 Å². The van der Waals surface area contributed by atoms with E-state index in [4.69, 9.17) is 0 Å². The monoisotopic (exact) mass is 277 g/mol. The van der Waals surface area contributed by atoms with Crippen LogP contribution >= 0.6 is 0 Å². The molecule has 0 spiro atoms. The zero-order valence-corrected chi connectivity index (χ0v) is 10.8. The number of halogens is 2. The van der Waals surface area contributed by atoms with E-state index in [2.05, 4.69) is 15.6 Å². The number of rotatable bonds is 4. The van der Waals surface area contributed by atoms with Crippen LogP contribution in [0.5, 0.6) is 0 Å². The Morgan fingerprint density at radius 3 is 2.80 bits per heavy atom. The Bertz CT molecular complexity index is 632. The number of pyridine rings is 1. The van der Waals surface area contributed by atoms with Gasteiger partial charge in [0.25, 0.3) is 5.91 Å². The molecule has 0 aliphatic rings. The van der Waals surface area contributed by atoms with Crippen molar-refractivity contribution in [3.63, 3.8) is 0 Å². The minimum atomic E-state index is -0.690. The maximum absolute atomic E-state index is 13.4. The topological polar surface area (TPSA) is 54.0 Å². The van der Waals surface area contributed by atoms with E-state index in [0.29, 0.717) is 11.4 Å². The van der Waals surface area contributed by atoms with Crippen LogP contribution < -0.4 is 10.6 Å². The summed E-state index contributed by atoms with van der Waals surface area (Å²) in [7, 11) is 1.65. The average Bonchev–Trinajstić information content (AvgIpc) is 2.46. The van der Waals surface area contributed by atoms with Crippen LogP contribution in [-0.2, 0) is 6.54 Å². The van der Waals surface area contributed by atoms with Crippen molar-refractivity contribution in [3.05, 3.63) is 59.3 Å². The van der Waals surface area contributed by atoms with E-state index < -0.39 is 11.6 Å². The Morgan fingerprint density at radius 1 is 1.30 bits per heavy atom. The molecule has 0 unspecified atom stereocenters. The van der Waals surface area contributed by atoms with E-state index in [0.717, 1.165) is 12.1 Å². The predicted octanol–water partition coefficient (Wildman–Crippen LogP) is 2.33. The Hall–Kier alpha value is -2.50. The van der Waals surface area contributed by atoms with Crippen molar-refractivity contribution in [2.24, 2.45) is 0 Å². The lowest BCUT2D eigenvalue weighted by molar-refractivity contribution is 0.0951. The number of amides is 1. The molecule has 0 saturated heterocycles. The number of benzene rings is 1. The molecule has 4 nitrogen and oxygen atoms in total. The second kappa shape index (κ2) is 6.10. The lowest BCUT2D eigenvalue weighted by Crippen LogP contribution is -2.24. The van der Waals surface area contributed by atoms with E-state index in [1.807, 2.05) is 0 Å². The first-order chi connectivity index (χ1) is 9.61. The molecule has 2 rings (SSSR count). The van der Waals surface area contributed by atoms with Gasteiger partial charge in [-0.3, -0.25) is 4.79 Å². The van der Waals surface area contributed by atoms with Gasteiger partial charge in [0.05, 0.1) is 5.56 Å².